The molecule has 13 nitrogen and oxygen atoms in total. The molecule has 33 heavy (non-hydrogen) atoms. The lowest BCUT2D eigenvalue weighted by atomic mass is 9.97. The number of hydrogen-bond donors (Lipinski definition) is 4. The number of rotatable bonds is 12. The normalized spacial score (nSPS) is 12.5. The molecule has 0 atom stereocenters. The highest BCUT2D eigenvalue weighted by Crippen LogP contribution is 2.46. The molecule has 0 saturated carbocycles. The van der Waals surface area contributed by atoms with E-state index in [-0.39, 0.29) is 61.7 Å². The van der Waals surface area contributed by atoms with Crippen LogP contribution in [0.4, 0.5) is 23.5 Å². The van der Waals surface area contributed by atoms with Gasteiger partial charge in [0.2, 0.25) is 23.7 Å². The van der Waals surface area contributed by atoms with Crippen LogP contribution >= 0.6 is 7.60 Å². The second-order valence-corrected chi connectivity index (χ2v) is 11.3. The van der Waals surface area contributed by atoms with Crippen LogP contribution < -0.4 is 32.4 Å². The molecule has 2 rings (SSSR count). The van der Waals surface area contributed by atoms with Crippen molar-refractivity contribution < 1.29 is 23.1 Å². The van der Waals surface area contributed by atoms with Crippen molar-refractivity contribution in [3.8, 4) is 11.8 Å². The number of anilines is 4. The molecule has 0 amide bonds. The molecule has 0 aliphatic heterocycles. The average molecular weight is 484 g/mol. The van der Waals surface area contributed by atoms with E-state index in [1.54, 1.807) is 0 Å². The Balaban J connectivity index is 1.81. The van der Waals surface area contributed by atoms with E-state index in [1.165, 1.54) is 18.8 Å². The van der Waals surface area contributed by atoms with Gasteiger partial charge in [-0.25, -0.2) is 0 Å². The molecular weight excluding hydrogens is 451 g/mol. The van der Waals surface area contributed by atoms with Crippen molar-refractivity contribution in [2.75, 3.05) is 56.0 Å². The minimum atomic E-state index is -3.35. The third kappa shape index (κ3) is 9.64. The lowest BCUT2D eigenvalue weighted by molar-refractivity contribution is 0.0695. The third-order valence-electron chi connectivity index (χ3n) is 4.08. The predicted octanol–water partition coefficient (Wildman–Crippen LogP) is 1.96. The van der Waals surface area contributed by atoms with Gasteiger partial charge in [0.15, 0.2) is 0 Å². The molecule has 2 aromatic rings. The summed E-state index contributed by atoms with van der Waals surface area (Å²) in [7, 11) is -3.35. The summed E-state index contributed by atoms with van der Waals surface area (Å²) in [5, 5.41) is 0. The number of nitrogens with two attached hydrogens (primary N) is 4. The Bertz CT molecular complexity index is 888. The largest absolute Gasteiger partial charge is 0.477 e. The van der Waals surface area contributed by atoms with Crippen molar-refractivity contribution in [1.29, 1.82) is 0 Å². The lowest BCUT2D eigenvalue weighted by Gasteiger charge is -2.28. The molecule has 0 bridgehead atoms. The molecule has 2 aromatic heterocycles. The highest BCUT2D eigenvalue weighted by atomic mass is 31.2. The lowest BCUT2D eigenvalue weighted by Crippen LogP contribution is -2.29. The van der Waals surface area contributed by atoms with Crippen LogP contribution in [0.3, 0.4) is 0 Å². The van der Waals surface area contributed by atoms with E-state index < -0.39 is 18.4 Å². The Morgan fingerprint density at radius 3 is 1.42 bits per heavy atom. The summed E-state index contributed by atoms with van der Waals surface area (Å²) in [5.41, 5.74) is 21.4. The molecule has 0 fully saturated rings. The van der Waals surface area contributed by atoms with Gasteiger partial charge in [-0.05, 0) is 0 Å². The van der Waals surface area contributed by atoms with Crippen LogP contribution in [-0.4, -0.2) is 53.0 Å². The molecule has 0 unspecified atom stereocenters. The van der Waals surface area contributed by atoms with E-state index >= 15 is 0 Å². The first kappa shape index (κ1) is 26.4. The fourth-order valence-electron chi connectivity index (χ4n) is 2.31. The smallest absolute Gasteiger partial charge is 0.327 e. The van der Waals surface area contributed by atoms with E-state index in [9.17, 15) is 4.57 Å². The predicted molar refractivity (Wildman–Crippen MR) is 126 cm³/mol. The highest BCUT2D eigenvalue weighted by Gasteiger charge is 2.29. The summed E-state index contributed by atoms with van der Waals surface area (Å²) >= 11 is 0. The first-order valence-electron chi connectivity index (χ1n) is 10.1. The Labute approximate surface area is 193 Å². The molecule has 0 radical (unpaired) electrons. The van der Waals surface area contributed by atoms with Gasteiger partial charge in [-0.1, -0.05) is 27.7 Å². The summed E-state index contributed by atoms with van der Waals surface area (Å²) in [5.74, 6) is 0.941. The van der Waals surface area contributed by atoms with E-state index in [0.29, 0.717) is 0 Å². The molecule has 0 saturated heterocycles. The standard InChI is InChI=1S/C19H33N8O5P/c1-18(2,8-29-14-6-12(20)24-16(22)26-14)10-31-33(5,28)32-11-19(3,4)9-30-15-7-13(21)25-17(23)27-15/h6-7H,8-11H2,1-5H3,(H4,20,22,24,26)(H4,21,23,25,27). The number of nitrogens with zero attached hydrogens (tertiary/aromatic N) is 4. The van der Waals surface area contributed by atoms with Crippen molar-refractivity contribution in [2.24, 2.45) is 10.8 Å². The average Bonchev–Trinajstić information content (AvgIpc) is 2.67. The van der Waals surface area contributed by atoms with Gasteiger partial charge >= 0.3 is 7.60 Å². The number of ether oxygens (including phenoxy) is 2. The van der Waals surface area contributed by atoms with Crippen molar-refractivity contribution in [1.82, 2.24) is 19.9 Å². The zero-order chi connectivity index (χ0) is 24.9. The fourth-order valence-corrected chi connectivity index (χ4v) is 3.56. The monoisotopic (exact) mass is 484 g/mol. The van der Waals surface area contributed by atoms with Gasteiger partial charge in [0, 0.05) is 29.6 Å². The van der Waals surface area contributed by atoms with Gasteiger partial charge in [-0.15, -0.1) is 0 Å². The molecule has 0 aliphatic carbocycles. The number of nitrogen functional groups attached to an aromatic ring is 4. The molecule has 8 N–H and O–H groups in total. The van der Waals surface area contributed by atoms with Crippen LogP contribution in [0.2, 0.25) is 0 Å². The van der Waals surface area contributed by atoms with Crippen LogP contribution in [0.1, 0.15) is 27.7 Å². The van der Waals surface area contributed by atoms with Crippen LogP contribution in [0.5, 0.6) is 11.8 Å². The SMILES string of the molecule is CC(C)(COc1cc(N)nc(N)n1)COP(C)(=O)OCC(C)(C)COc1cc(N)nc(N)n1. The van der Waals surface area contributed by atoms with Gasteiger partial charge in [0.1, 0.15) is 11.6 Å². The summed E-state index contributed by atoms with van der Waals surface area (Å²) < 4.78 is 35.3. The number of aromatic nitrogens is 4. The third-order valence-corrected chi connectivity index (χ3v) is 5.28. The Morgan fingerprint density at radius 1 is 0.727 bits per heavy atom. The highest BCUT2D eigenvalue weighted by molar-refractivity contribution is 7.52. The van der Waals surface area contributed by atoms with Crippen molar-refractivity contribution >= 4 is 31.1 Å². The molecule has 0 aliphatic rings. The molecular formula is C19H33N8O5P. The zero-order valence-corrected chi connectivity index (χ0v) is 20.5. The first-order valence-corrected chi connectivity index (χ1v) is 12.1. The van der Waals surface area contributed by atoms with Gasteiger partial charge in [-0.2, -0.15) is 19.9 Å². The van der Waals surface area contributed by atoms with E-state index in [4.69, 9.17) is 41.5 Å². The Hall–Kier alpha value is -2.89. The van der Waals surface area contributed by atoms with Crippen LogP contribution in [0.15, 0.2) is 12.1 Å². The van der Waals surface area contributed by atoms with Gasteiger partial charge in [0.05, 0.1) is 26.4 Å². The maximum atomic E-state index is 12.8. The van der Waals surface area contributed by atoms with Gasteiger partial charge < -0.3 is 41.5 Å². The second-order valence-electron chi connectivity index (χ2n) is 9.20. The van der Waals surface area contributed by atoms with Crippen LogP contribution in [-0.2, 0) is 13.6 Å². The Morgan fingerprint density at radius 2 is 1.09 bits per heavy atom. The van der Waals surface area contributed by atoms with Gasteiger partial charge in [0.25, 0.3) is 0 Å². The summed E-state index contributed by atoms with van der Waals surface area (Å²) in [6.45, 7) is 9.63. The maximum Gasteiger partial charge on any atom is 0.327 e. The van der Waals surface area contributed by atoms with E-state index in [1.807, 2.05) is 27.7 Å². The molecule has 0 aromatic carbocycles. The zero-order valence-electron chi connectivity index (χ0n) is 19.6. The summed E-state index contributed by atoms with van der Waals surface area (Å²) in [6.07, 6.45) is 0. The molecule has 2 heterocycles. The quantitative estimate of drug-likeness (QED) is 0.318. The molecule has 184 valence electrons. The van der Waals surface area contributed by atoms with E-state index in [0.717, 1.165) is 0 Å². The van der Waals surface area contributed by atoms with Crippen molar-refractivity contribution in [3.05, 3.63) is 12.1 Å². The van der Waals surface area contributed by atoms with Crippen molar-refractivity contribution in [3.63, 3.8) is 0 Å². The van der Waals surface area contributed by atoms with Crippen molar-refractivity contribution in [2.45, 2.75) is 27.7 Å². The first-order chi connectivity index (χ1) is 15.1. The van der Waals surface area contributed by atoms with Crippen LogP contribution in [0, 0.1) is 10.8 Å². The minimum absolute atomic E-state index is 0.0174. The fraction of sp³-hybridized carbons (Fsp3) is 0.579. The minimum Gasteiger partial charge on any atom is -0.477 e. The number of hydrogen-bond acceptors (Lipinski definition) is 13. The topological polar surface area (TPSA) is 210 Å². The van der Waals surface area contributed by atoms with E-state index in [2.05, 4.69) is 19.9 Å². The summed E-state index contributed by atoms with van der Waals surface area (Å²) in [6, 6.07) is 2.94. The van der Waals surface area contributed by atoms with Crippen LogP contribution in [0.25, 0.3) is 0 Å². The molecule has 14 heteroatoms. The second kappa shape index (κ2) is 10.4. The molecule has 0 spiro atoms. The Kier molecular flexibility index (Phi) is 8.28. The maximum absolute atomic E-state index is 12.8. The van der Waals surface area contributed by atoms with Gasteiger partial charge in [-0.3, -0.25) is 4.57 Å². The summed E-state index contributed by atoms with van der Waals surface area (Å²) in [4.78, 5) is 15.5.